The normalized spacial score (nSPS) is 22.6. The van der Waals surface area contributed by atoms with E-state index in [1.807, 2.05) is 39.0 Å². The van der Waals surface area contributed by atoms with Crippen LogP contribution >= 0.6 is 11.6 Å². The smallest absolute Gasteiger partial charge is 0.407 e. The van der Waals surface area contributed by atoms with Crippen LogP contribution in [0.1, 0.15) is 52.1 Å². The molecule has 4 nitrogen and oxygen atoms in total. The molecule has 1 saturated carbocycles. The molecule has 5 heteroatoms. The van der Waals surface area contributed by atoms with Gasteiger partial charge in [0.1, 0.15) is 5.60 Å². The monoisotopic (exact) mass is 324 g/mol. The largest absolute Gasteiger partial charge is 0.444 e. The van der Waals surface area contributed by atoms with Gasteiger partial charge in [0.25, 0.3) is 0 Å². The van der Waals surface area contributed by atoms with Crippen LogP contribution in [0.25, 0.3) is 0 Å². The van der Waals surface area contributed by atoms with Crippen LogP contribution in [-0.2, 0) is 4.74 Å². The molecule has 0 spiro atoms. The second-order valence-corrected chi connectivity index (χ2v) is 7.39. The van der Waals surface area contributed by atoms with E-state index in [9.17, 15) is 4.79 Å². The number of hydrogen-bond acceptors (Lipinski definition) is 3. The first-order valence-electron chi connectivity index (χ1n) is 7.74. The van der Waals surface area contributed by atoms with Gasteiger partial charge >= 0.3 is 6.09 Å². The predicted octanol–water partition coefficient (Wildman–Crippen LogP) is 4.05. The highest BCUT2D eigenvalue weighted by atomic mass is 35.5. The summed E-state index contributed by atoms with van der Waals surface area (Å²) in [5.41, 5.74) is 0.725. The summed E-state index contributed by atoms with van der Waals surface area (Å²) in [7, 11) is 0. The Morgan fingerprint density at radius 3 is 2.59 bits per heavy atom. The highest BCUT2D eigenvalue weighted by molar-refractivity contribution is 6.30. The lowest BCUT2D eigenvalue weighted by molar-refractivity contribution is 0.0463. The zero-order valence-corrected chi connectivity index (χ0v) is 14.4. The predicted molar refractivity (Wildman–Crippen MR) is 89.2 cm³/mol. The van der Waals surface area contributed by atoms with Gasteiger partial charge in [-0.05, 0) is 58.2 Å². The molecule has 122 valence electrons. The molecule has 1 aliphatic rings. The molecule has 1 atom stereocenters. The van der Waals surface area contributed by atoms with Gasteiger partial charge in [-0.25, -0.2) is 4.79 Å². The number of nitrogens with one attached hydrogen (secondary N) is 2. The van der Waals surface area contributed by atoms with Gasteiger partial charge in [-0.15, -0.1) is 0 Å². The van der Waals surface area contributed by atoms with E-state index in [2.05, 4.69) is 23.6 Å². The van der Waals surface area contributed by atoms with Crippen molar-refractivity contribution in [3.8, 4) is 0 Å². The fraction of sp³-hybridized carbons (Fsp3) is 0.588. The molecule has 1 fully saturated rings. The average molecular weight is 325 g/mol. The summed E-state index contributed by atoms with van der Waals surface area (Å²) in [5.74, 6) is 0. The Morgan fingerprint density at radius 2 is 2.00 bits per heavy atom. The van der Waals surface area contributed by atoms with Crippen LogP contribution in [-0.4, -0.2) is 23.8 Å². The zero-order valence-electron chi connectivity index (χ0n) is 13.7. The average Bonchev–Trinajstić information content (AvgIpc) is 2.33. The number of benzene rings is 1. The molecular formula is C17H25ClN2O2. The molecular weight excluding hydrogens is 300 g/mol. The van der Waals surface area contributed by atoms with Crippen molar-refractivity contribution < 1.29 is 9.53 Å². The van der Waals surface area contributed by atoms with Gasteiger partial charge in [0.15, 0.2) is 0 Å². The van der Waals surface area contributed by atoms with Gasteiger partial charge in [0, 0.05) is 23.1 Å². The number of carbonyl (C=O) groups is 1. The molecule has 1 aromatic carbocycles. The fourth-order valence-corrected chi connectivity index (χ4v) is 2.77. The lowest BCUT2D eigenvalue weighted by atomic mass is 9.86. The summed E-state index contributed by atoms with van der Waals surface area (Å²) >= 11 is 6.02. The van der Waals surface area contributed by atoms with Gasteiger partial charge in [-0.3, -0.25) is 0 Å². The first-order chi connectivity index (χ1) is 10.2. The van der Waals surface area contributed by atoms with Gasteiger partial charge < -0.3 is 15.4 Å². The van der Waals surface area contributed by atoms with Crippen LogP contribution in [0.3, 0.4) is 0 Å². The lowest BCUT2D eigenvalue weighted by Crippen LogP contribution is -2.53. The van der Waals surface area contributed by atoms with E-state index in [1.54, 1.807) is 0 Å². The minimum atomic E-state index is -0.452. The highest BCUT2D eigenvalue weighted by Crippen LogP contribution is 2.25. The Balaban J connectivity index is 1.72. The molecule has 0 radical (unpaired) electrons. The lowest BCUT2D eigenvalue weighted by Gasteiger charge is -2.38. The molecule has 2 rings (SSSR count). The summed E-state index contributed by atoms with van der Waals surface area (Å²) in [5, 5.41) is 7.22. The number of carbonyl (C=O) groups excluding carboxylic acids is 1. The Hall–Kier alpha value is -1.26. The van der Waals surface area contributed by atoms with Crippen molar-refractivity contribution >= 4 is 17.7 Å². The third-order valence-electron chi connectivity index (χ3n) is 3.69. The minimum Gasteiger partial charge on any atom is -0.444 e. The molecule has 0 heterocycles. The van der Waals surface area contributed by atoms with Crippen molar-refractivity contribution in [2.45, 2.75) is 64.3 Å². The summed E-state index contributed by atoms with van der Waals surface area (Å²) in [6.07, 6.45) is 1.51. The van der Waals surface area contributed by atoms with Gasteiger partial charge in [-0.1, -0.05) is 23.7 Å². The maximum atomic E-state index is 11.7. The van der Waals surface area contributed by atoms with Crippen molar-refractivity contribution in [2.75, 3.05) is 0 Å². The molecule has 1 aliphatic carbocycles. The van der Waals surface area contributed by atoms with Crippen molar-refractivity contribution in [2.24, 2.45) is 0 Å². The summed E-state index contributed by atoms with van der Waals surface area (Å²) in [6, 6.07) is 8.73. The number of alkyl carbamates (subject to hydrolysis) is 1. The van der Waals surface area contributed by atoms with Crippen LogP contribution < -0.4 is 10.6 Å². The molecule has 2 N–H and O–H groups in total. The molecule has 0 aromatic heterocycles. The molecule has 1 amide bonds. The Bertz CT molecular complexity index is 522. The van der Waals surface area contributed by atoms with Crippen molar-refractivity contribution in [1.29, 1.82) is 0 Å². The first-order valence-corrected chi connectivity index (χ1v) is 8.12. The highest BCUT2D eigenvalue weighted by Gasteiger charge is 2.32. The molecule has 1 aromatic rings. The standard InChI is InChI=1S/C17H25ClN2O2/c1-11(12-6-5-7-13(18)8-12)19-14-9-15(10-14)20-16(21)22-17(2,3)4/h5-8,11,14-15,19H,9-10H2,1-4H3,(H,20,21). The second kappa shape index (κ2) is 6.88. The van der Waals surface area contributed by atoms with E-state index in [4.69, 9.17) is 16.3 Å². The molecule has 22 heavy (non-hydrogen) atoms. The third kappa shape index (κ3) is 5.18. The van der Waals surface area contributed by atoms with Crippen LogP contribution in [0.4, 0.5) is 4.79 Å². The van der Waals surface area contributed by atoms with E-state index in [0.29, 0.717) is 6.04 Å². The second-order valence-electron chi connectivity index (χ2n) is 6.95. The van der Waals surface area contributed by atoms with E-state index in [0.717, 1.165) is 17.9 Å². The topological polar surface area (TPSA) is 50.4 Å². The SMILES string of the molecule is CC(NC1CC(NC(=O)OC(C)(C)C)C1)c1cccc(Cl)c1. The van der Waals surface area contributed by atoms with Crippen LogP contribution in [0.5, 0.6) is 0 Å². The molecule has 0 saturated heterocycles. The molecule has 1 unspecified atom stereocenters. The quantitative estimate of drug-likeness (QED) is 0.878. The van der Waals surface area contributed by atoms with Crippen molar-refractivity contribution in [1.82, 2.24) is 10.6 Å². The van der Waals surface area contributed by atoms with E-state index < -0.39 is 5.60 Å². The Labute approximate surface area is 137 Å². The number of ether oxygens (including phenoxy) is 1. The van der Waals surface area contributed by atoms with Crippen LogP contribution in [0.2, 0.25) is 5.02 Å². The summed E-state index contributed by atoms with van der Waals surface area (Å²) < 4.78 is 5.26. The zero-order chi connectivity index (χ0) is 16.3. The first kappa shape index (κ1) is 17.1. The number of halogens is 1. The Kier molecular flexibility index (Phi) is 5.35. The fourth-order valence-electron chi connectivity index (χ4n) is 2.57. The van der Waals surface area contributed by atoms with Crippen LogP contribution in [0.15, 0.2) is 24.3 Å². The number of hydrogen-bond donors (Lipinski definition) is 2. The number of amides is 1. The van der Waals surface area contributed by atoms with Gasteiger partial charge in [0.2, 0.25) is 0 Å². The minimum absolute atomic E-state index is 0.193. The van der Waals surface area contributed by atoms with E-state index >= 15 is 0 Å². The number of rotatable bonds is 4. The molecule has 0 aliphatic heterocycles. The maximum absolute atomic E-state index is 11.7. The van der Waals surface area contributed by atoms with Crippen molar-refractivity contribution in [3.05, 3.63) is 34.9 Å². The third-order valence-corrected chi connectivity index (χ3v) is 3.93. The van der Waals surface area contributed by atoms with E-state index in [1.165, 1.54) is 5.56 Å². The van der Waals surface area contributed by atoms with Gasteiger partial charge in [0.05, 0.1) is 0 Å². The Morgan fingerprint density at radius 1 is 1.32 bits per heavy atom. The molecule has 0 bridgehead atoms. The van der Waals surface area contributed by atoms with Crippen LogP contribution in [0, 0.1) is 0 Å². The van der Waals surface area contributed by atoms with Gasteiger partial charge in [-0.2, -0.15) is 0 Å². The van der Waals surface area contributed by atoms with E-state index in [-0.39, 0.29) is 18.2 Å². The summed E-state index contributed by atoms with van der Waals surface area (Å²) in [6.45, 7) is 7.72. The maximum Gasteiger partial charge on any atom is 0.407 e. The van der Waals surface area contributed by atoms with Crippen molar-refractivity contribution in [3.63, 3.8) is 0 Å². The summed E-state index contributed by atoms with van der Waals surface area (Å²) in [4.78, 5) is 11.7.